The van der Waals surface area contributed by atoms with Gasteiger partial charge in [-0.1, -0.05) is 18.0 Å². The molecule has 1 aliphatic heterocycles. The number of piperidine rings is 1. The first-order chi connectivity index (χ1) is 10.5. The molecule has 1 aliphatic carbocycles. The maximum atomic E-state index is 12.5. The van der Waals surface area contributed by atoms with Crippen molar-refractivity contribution in [1.29, 1.82) is 0 Å². The second kappa shape index (κ2) is 6.36. The number of nitrogens with zero attached hydrogens (tertiary/aromatic N) is 3. The fourth-order valence-corrected chi connectivity index (χ4v) is 3.75. The highest BCUT2D eigenvalue weighted by atomic mass is 16.5. The van der Waals surface area contributed by atoms with Crippen molar-refractivity contribution in [3.8, 4) is 0 Å². The molecule has 1 saturated carbocycles. The van der Waals surface area contributed by atoms with Gasteiger partial charge in [-0.15, -0.1) is 0 Å². The SMILES string of the molecule is Cc1noc(CC2(O)CCCN(C(=O)CC3CCCC3)C2)n1. The summed E-state index contributed by atoms with van der Waals surface area (Å²) in [6.07, 6.45) is 7.28. The van der Waals surface area contributed by atoms with Gasteiger partial charge in [0.2, 0.25) is 11.8 Å². The van der Waals surface area contributed by atoms with Gasteiger partial charge in [0.1, 0.15) is 0 Å². The quantitative estimate of drug-likeness (QED) is 0.918. The number of β-amino-alcohol motifs (C(OH)–C–C–N with tert-alkyl or cyclic N) is 1. The second-order valence-corrected chi connectivity index (χ2v) is 6.91. The molecule has 1 saturated heterocycles. The molecular formula is C16H25N3O3. The summed E-state index contributed by atoms with van der Waals surface area (Å²) in [5.74, 6) is 1.75. The van der Waals surface area contributed by atoms with Gasteiger partial charge in [0.25, 0.3) is 0 Å². The Morgan fingerprint density at radius 1 is 1.41 bits per heavy atom. The Kier molecular flexibility index (Phi) is 4.47. The molecule has 6 heteroatoms. The molecule has 1 N–H and O–H groups in total. The Balaban J connectivity index is 1.58. The summed E-state index contributed by atoms with van der Waals surface area (Å²) in [5, 5.41) is 14.6. The molecule has 0 radical (unpaired) electrons. The molecule has 1 atom stereocenters. The largest absolute Gasteiger partial charge is 0.388 e. The van der Waals surface area contributed by atoms with Crippen molar-refractivity contribution < 1.29 is 14.4 Å². The zero-order valence-corrected chi connectivity index (χ0v) is 13.3. The highest BCUT2D eigenvalue weighted by Gasteiger charge is 2.37. The average molecular weight is 307 g/mol. The van der Waals surface area contributed by atoms with Crippen LogP contribution in [0.1, 0.15) is 56.7 Å². The number of amides is 1. The summed E-state index contributed by atoms with van der Waals surface area (Å²) in [4.78, 5) is 18.4. The van der Waals surface area contributed by atoms with Crippen molar-refractivity contribution >= 4 is 5.91 Å². The van der Waals surface area contributed by atoms with E-state index in [1.54, 1.807) is 6.92 Å². The molecule has 0 aromatic carbocycles. The number of rotatable bonds is 4. The van der Waals surface area contributed by atoms with E-state index < -0.39 is 5.60 Å². The lowest BCUT2D eigenvalue weighted by molar-refractivity contribution is -0.139. The van der Waals surface area contributed by atoms with Crippen LogP contribution in [0.25, 0.3) is 0 Å². The van der Waals surface area contributed by atoms with E-state index in [2.05, 4.69) is 10.1 Å². The lowest BCUT2D eigenvalue weighted by Crippen LogP contribution is -2.51. The molecule has 6 nitrogen and oxygen atoms in total. The molecule has 2 fully saturated rings. The molecule has 122 valence electrons. The average Bonchev–Trinajstić information content (AvgIpc) is 3.10. The van der Waals surface area contributed by atoms with E-state index in [9.17, 15) is 9.90 Å². The highest BCUT2D eigenvalue weighted by molar-refractivity contribution is 5.76. The smallest absolute Gasteiger partial charge is 0.229 e. The van der Waals surface area contributed by atoms with Gasteiger partial charge in [0.05, 0.1) is 12.0 Å². The van der Waals surface area contributed by atoms with Crippen LogP contribution in [0.4, 0.5) is 0 Å². The Hall–Kier alpha value is -1.43. The van der Waals surface area contributed by atoms with Crippen LogP contribution >= 0.6 is 0 Å². The van der Waals surface area contributed by atoms with Crippen molar-refractivity contribution in [2.24, 2.45) is 5.92 Å². The van der Waals surface area contributed by atoms with Crippen LogP contribution in [0.15, 0.2) is 4.52 Å². The van der Waals surface area contributed by atoms with E-state index in [0.29, 0.717) is 43.4 Å². The topological polar surface area (TPSA) is 79.5 Å². The van der Waals surface area contributed by atoms with E-state index in [1.165, 1.54) is 25.7 Å². The molecule has 1 aromatic rings. The molecule has 1 aromatic heterocycles. The van der Waals surface area contributed by atoms with Crippen molar-refractivity contribution in [1.82, 2.24) is 15.0 Å². The van der Waals surface area contributed by atoms with Crippen molar-refractivity contribution in [3.05, 3.63) is 11.7 Å². The van der Waals surface area contributed by atoms with Gasteiger partial charge >= 0.3 is 0 Å². The van der Waals surface area contributed by atoms with E-state index >= 15 is 0 Å². The summed E-state index contributed by atoms with van der Waals surface area (Å²) in [6, 6.07) is 0. The zero-order valence-electron chi connectivity index (χ0n) is 13.3. The minimum atomic E-state index is -0.942. The molecular weight excluding hydrogens is 282 g/mol. The third-order valence-electron chi connectivity index (χ3n) is 4.90. The summed E-state index contributed by atoms with van der Waals surface area (Å²) in [5.41, 5.74) is -0.942. The summed E-state index contributed by atoms with van der Waals surface area (Å²) < 4.78 is 5.11. The van der Waals surface area contributed by atoms with Crippen LogP contribution in [-0.4, -0.2) is 44.7 Å². The lowest BCUT2D eigenvalue weighted by Gasteiger charge is -2.39. The number of carbonyl (C=O) groups is 1. The normalized spacial score (nSPS) is 26.5. The van der Waals surface area contributed by atoms with Crippen LogP contribution in [0, 0.1) is 12.8 Å². The van der Waals surface area contributed by atoms with Gasteiger partial charge in [-0.3, -0.25) is 4.79 Å². The number of hydrogen-bond donors (Lipinski definition) is 1. The molecule has 22 heavy (non-hydrogen) atoms. The van der Waals surface area contributed by atoms with Gasteiger partial charge in [-0.2, -0.15) is 4.98 Å². The van der Waals surface area contributed by atoms with Crippen LogP contribution in [0.2, 0.25) is 0 Å². The van der Waals surface area contributed by atoms with Crippen molar-refractivity contribution in [2.75, 3.05) is 13.1 Å². The van der Waals surface area contributed by atoms with Gasteiger partial charge in [-0.05, 0) is 38.5 Å². The van der Waals surface area contributed by atoms with Gasteiger partial charge in [0.15, 0.2) is 5.82 Å². The second-order valence-electron chi connectivity index (χ2n) is 6.91. The van der Waals surface area contributed by atoms with E-state index in [1.807, 2.05) is 4.90 Å². The fraction of sp³-hybridized carbons (Fsp3) is 0.812. The third kappa shape index (κ3) is 3.66. The molecule has 1 unspecified atom stereocenters. The highest BCUT2D eigenvalue weighted by Crippen LogP contribution is 2.30. The number of carbonyl (C=O) groups excluding carboxylic acids is 1. The fourth-order valence-electron chi connectivity index (χ4n) is 3.75. The number of aryl methyl sites for hydroxylation is 1. The summed E-state index contributed by atoms with van der Waals surface area (Å²) in [6.45, 7) is 2.88. The van der Waals surface area contributed by atoms with E-state index in [-0.39, 0.29) is 5.91 Å². The molecule has 3 rings (SSSR count). The Bertz CT molecular complexity index is 524. The minimum absolute atomic E-state index is 0.187. The Morgan fingerprint density at radius 3 is 2.86 bits per heavy atom. The molecule has 1 amide bonds. The maximum Gasteiger partial charge on any atom is 0.229 e. The predicted octanol–water partition coefficient (Wildman–Crippen LogP) is 1.85. The standard InChI is InChI=1S/C16H25N3O3/c1-12-17-14(22-18-12)10-16(21)7-4-8-19(11-16)15(20)9-13-5-2-3-6-13/h13,21H,2-11H2,1H3. The number of hydrogen-bond acceptors (Lipinski definition) is 5. The first-order valence-electron chi connectivity index (χ1n) is 8.33. The van der Waals surface area contributed by atoms with Crippen LogP contribution in [0.3, 0.4) is 0 Å². The molecule has 0 spiro atoms. The Labute approximate surface area is 130 Å². The van der Waals surface area contributed by atoms with Crippen LogP contribution < -0.4 is 0 Å². The molecule has 2 aliphatic rings. The maximum absolute atomic E-state index is 12.5. The third-order valence-corrected chi connectivity index (χ3v) is 4.90. The predicted molar refractivity (Wildman–Crippen MR) is 80.1 cm³/mol. The molecule has 2 heterocycles. The summed E-state index contributed by atoms with van der Waals surface area (Å²) >= 11 is 0. The first-order valence-corrected chi connectivity index (χ1v) is 8.33. The minimum Gasteiger partial charge on any atom is -0.388 e. The van der Waals surface area contributed by atoms with Crippen LogP contribution in [-0.2, 0) is 11.2 Å². The van der Waals surface area contributed by atoms with Crippen molar-refractivity contribution in [2.45, 2.75) is 63.9 Å². The Morgan fingerprint density at radius 2 is 2.18 bits per heavy atom. The lowest BCUT2D eigenvalue weighted by atomic mass is 9.89. The van der Waals surface area contributed by atoms with Gasteiger partial charge < -0.3 is 14.5 Å². The number of likely N-dealkylation sites (tertiary alicyclic amines) is 1. The van der Waals surface area contributed by atoms with Gasteiger partial charge in [-0.25, -0.2) is 0 Å². The number of aromatic nitrogens is 2. The van der Waals surface area contributed by atoms with Crippen LogP contribution in [0.5, 0.6) is 0 Å². The van der Waals surface area contributed by atoms with Gasteiger partial charge in [0, 0.05) is 19.5 Å². The summed E-state index contributed by atoms with van der Waals surface area (Å²) in [7, 11) is 0. The van der Waals surface area contributed by atoms with Crippen molar-refractivity contribution in [3.63, 3.8) is 0 Å². The first kappa shape index (κ1) is 15.5. The zero-order chi connectivity index (χ0) is 15.6. The monoisotopic (exact) mass is 307 g/mol. The molecule has 0 bridgehead atoms. The van der Waals surface area contributed by atoms with E-state index in [4.69, 9.17) is 4.52 Å². The number of aliphatic hydroxyl groups is 1. The van der Waals surface area contributed by atoms with E-state index in [0.717, 1.165) is 13.0 Å².